The Labute approximate surface area is 106 Å². The van der Waals surface area contributed by atoms with E-state index in [0.717, 1.165) is 4.31 Å². The molecule has 0 aliphatic carbocycles. The van der Waals surface area contributed by atoms with Gasteiger partial charge in [-0.1, -0.05) is 0 Å². The molecule has 7 heteroatoms. The minimum Gasteiger partial charge on any atom is -0.377 e. The zero-order chi connectivity index (χ0) is 13.9. The highest BCUT2D eigenvalue weighted by Gasteiger charge is 2.17. The zero-order valence-corrected chi connectivity index (χ0v) is 11.2. The number of hydrogen-bond acceptors (Lipinski definition) is 3. The third kappa shape index (κ3) is 3.39. The van der Waals surface area contributed by atoms with E-state index in [4.69, 9.17) is 0 Å². The van der Waals surface area contributed by atoms with Crippen LogP contribution in [0.5, 0.6) is 0 Å². The molecule has 0 aliphatic rings. The molecule has 18 heavy (non-hydrogen) atoms. The predicted molar refractivity (Wildman–Crippen MR) is 66.4 cm³/mol. The second-order valence-electron chi connectivity index (χ2n) is 4.08. The molecule has 0 saturated carbocycles. The molecule has 0 radical (unpaired) electrons. The highest BCUT2D eigenvalue weighted by atomic mass is 32.2. The van der Waals surface area contributed by atoms with Crippen molar-refractivity contribution in [1.29, 1.82) is 0 Å². The van der Waals surface area contributed by atoms with Crippen LogP contribution in [-0.2, 0) is 10.0 Å². The number of benzene rings is 1. The quantitative estimate of drug-likeness (QED) is 0.896. The van der Waals surface area contributed by atoms with Gasteiger partial charge in [-0.3, -0.25) is 0 Å². The zero-order valence-electron chi connectivity index (χ0n) is 10.4. The van der Waals surface area contributed by atoms with Crippen LogP contribution in [0.25, 0.3) is 0 Å². The fourth-order valence-corrected chi connectivity index (χ4v) is 2.16. The molecular weight excluding hydrogens is 262 g/mol. The largest absolute Gasteiger partial charge is 0.377 e. The van der Waals surface area contributed by atoms with E-state index in [0.29, 0.717) is 5.69 Å². The third-order valence-electron chi connectivity index (χ3n) is 2.41. The lowest BCUT2D eigenvalue weighted by atomic mass is 10.3. The summed E-state index contributed by atoms with van der Waals surface area (Å²) in [4.78, 5) is 0.128. The number of alkyl halides is 2. The highest BCUT2D eigenvalue weighted by Crippen LogP contribution is 2.18. The van der Waals surface area contributed by atoms with Gasteiger partial charge in [0.2, 0.25) is 10.0 Å². The van der Waals surface area contributed by atoms with E-state index in [9.17, 15) is 17.2 Å². The number of nitrogens with one attached hydrogen (secondary N) is 1. The van der Waals surface area contributed by atoms with Gasteiger partial charge in [-0.05, 0) is 31.2 Å². The Morgan fingerprint density at radius 3 is 2.06 bits per heavy atom. The molecular formula is C11H16F2N2O2S. The molecule has 0 aromatic heterocycles. The van der Waals surface area contributed by atoms with E-state index in [1.165, 1.54) is 45.3 Å². The number of hydrogen-bond donors (Lipinski definition) is 1. The van der Waals surface area contributed by atoms with Crippen LogP contribution in [0.15, 0.2) is 29.2 Å². The van der Waals surface area contributed by atoms with Crippen molar-refractivity contribution in [3.8, 4) is 0 Å². The van der Waals surface area contributed by atoms with Crippen molar-refractivity contribution in [1.82, 2.24) is 4.31 Å². The first-order valence-corrected chi connectivity index (χ1v) is 6.76. The Balaban J connectivity index is 2.88. The Bertz CT molecular complexity index is 486. The SMILES string of the molecule is CC(Nc1ccc(S(=O)(=O)N(C)C)cc1)C(F)F. The van der Waals surface area contributed by atoms with Gasteiger partial charge >= 0.3 is 0 Å². The molecule has 1 rings (SSSR count). The fourth-order valence-electron chi connectivity index (χ4n) is 1.26. The first-order valence-electron chi connectivity index (χ1n) is 5.32. The van der Waals surface area contributed by atoms with Crippen molar-refractivity contribution in [3.63, 3.8) is 0 Å². The lowest BCUT2D eigenvalue weighted by Crippen LogP contribution is -2.24. The van der Waals surface area contributed by atoms with Crippen LogP contribution in [-0.4, -0.2) is 39.3 Å². The minimum absolute atomic E-state index is 0.128. The maximum atomic E-state index is 12.3. The van der Waals surface area contributed by atoms with E-state index >= 15 is 0 Å². The van der Waals surface area contributed by atoms with Crippen LogP contribution in [0.3, 0.4) is 0 Å². The van der Waals surface area contributed by atoms with E-state index in [-0.39, 0.29) is 4.90 Å². The number of rotatable bonds is 5. The van der Waals surface area contributed by atoms with Crippen LogP contribution < -0.4 is 5.32 Å². The number of anilines is 1. The standard InChI is InChI=1S/C11H16F2N2O2S/c1-8(11(12)13)14-9-4-6-10(7-5-9)18(16,17)15(2)3/h4-8,11,14H,1-3H3. The summed E-state index contributed by atoms with van der Waals surface area (Å²) in [7, 11) is -0.619. The maximum absolute atomic E-state index is 12.3. The van der Waals surface area contributed by atoms with E-state index in [1.807, 2.05) is 0 Å². The molecule has 0 saturated heterocycles. The van der Waals surface area contributed by atoms with Gasteiger partial charge in [0.15, 0.2) is 0 Å². The number of halogens is 2. The molecule has 0 heterocycles. The second kappa shape index (κ2) is 5.62. The van der Waals surface area contributed by atoms with Gasteiger partial charge in [0, 0.05) is 19.8 Å². The van der Waals surface area contributed by atoms with E-state index in [1.54, 1.807) is 0 Å². The first kappa shape index (κ1) is 14.8. The van der Waals surface area contributed by atoms with Crippen molar-refractivity contribution < 1.29 is 17.2 Å². The maximum Gasteiger partial charge on any atom is 0.258 e. The summed E-state index contributed by atoms with van der Waals surface area (Å²) in [5.74, 6) is 0. The number of sulfonamides is 1. The van der Waals surface area contributed by atoms with E-state index in [2.05, 4.69) is 5.32 Å². The number of nitrogens with zero attached hydrogens (tertiary/aromatic N) is 1. The van der Waals surface area contributed by atoms with Gasteiger partial charge in [-0.15, -0.1) is 0 Å². The Morgan fingerprint density at radius 1 is 1.17 bits per heavy atom. The summed E-state index contributed by atoms with van der Waals surface area (Å²) in [5, 5.41) is 2.59. The van der Waals surface area contributed by atoms with Crippen molar-refractivity contribution in [2.45, 2.75) is 24.3 Å². The summed E-state index contributed by atoms with van der Waals surface area (Å²) in [5.41, 5.74) is 0.459. The molecule has 1 N–H and O–H groups in total. The van der Waals surface area contributed by atoms with Crippen LogP contribution in [0.1, 0.15) is 6.92 Å². The lowest BCUT2D eigenvalue weighted by Gasteiger charge is -2.15. The van der Waals surface area contributed by atoms with Crippen molar-refractivity contribution in [3.05, 3.63) is 24.3 Å². The van der Waals surface area contributed by atoms with Gasteiger partial charge in [-0.2, -0.15) is 0 Å². The van der Waals surface area contributed by atoms with Crippen molar-refractivity contribution >= 4 is 15.7 Å². The van der Waals surface area contributed by atoms with E-state index < -0.39 is 22.5 Å². The molecule has 102 valence electrons. The second-order valence-corrected chi connectivity index (χ2v) is 6.23. The average molecular weight is 278 g/mol. The third-order valence-corrected chi connectivity index (χ3v) is 4.23. The van der Waals surface area contributed by atoms with Gasteiger partial charge in [0.1, 0.15) is 0 Å². The molecule has 0 amide bonds. The smallest absolute Gasteiger partial charge is 0.258 e. The summed E-state index contributed by atoms with van der Waals surface area (Å²) < 4.78 is 49.3. The lowest BCUT2D eigenvalue weighted by molar-refractivity contribution is 0.130. The first-order chi connectivity index (χ1) is 8.25. The highest BCUT2D eigenvalue weighted by molar-refractivity contribution is 7.89. The Morgan fingerprint density at radius 2 is 1.67 bits per heavy atom. The van der Waals surface area contributed by atoms with Gasteiger partial charge < -0.3 is 5.32 Å². The van der Waals surface area contributed by atoms with Crippen LogP contribution in [0.4, 0.5) is 14.5 Å². The molecule has 1 aromatic rings. The molecule has 0 aliphatic heterocycles. The fraction of sp³-hybridized carbons (Fsp3) is 0.455. The van der Waals surface area contributed by atoms with Crippen LogP contribution in [0, 0.1) is 0 Å². The molecule has 0 fully saturated rings. The summed E-state index contributed by atoms with van der Waals surface area (Å²) in [6.07, 6.45) is -2.48. The topological polar surface area (TPSA) is 49.4 Å². The molecule has 1 atom stereocenters. The van der Waals surface area contributed by atoms with Crippen LogP contribution >= 0.6 is 0 Å². The monoisotopic (exact) mass is 278 g/mol. The van der Waals surface area contributed by atoms with Gasteiger partial charge in [0.25, 0.3) is 6.43 Å². The predicted octanol–water partition coefficient (Wildman–Crippen LogP) is 2.00. The minimum atomic E-state index is -3.48. The molecule has 4 nitrogen and oxygen atoms in total. The van der Waals surface area contributed by atoms with Crippen molar-refractivity contribution in [2.75, 3.05) is 19.4 Å². The molecule has 0 bridgehead atoms. The summed E-state index contributed by atoms with van der Waals surface area (Å²) >= 11 is 0. The average Bonchev–Trinajstić information content (AvgIpc) is 2.29. The van der Waals surface area contributed by atoms with Gasteiger partial charge in [0.05, 0.1) is 10.9 Å². The van der Waals surface area contributed by atoms with Gasteiger partial charge in [-0.25, -0.2) is 21.5 Å². The molecule has 1 unspecified atom stereocenters. The summed E-state index contributed by atoms with van der Waals surface area (Å²) in [6, 6.07) is 4.72. The van der Waals surface area contributed by atoms with Crippen LogP contribution in [0.2, 0.25) is 0 Å². The van der Waals surface area contributed by atoms with Crippen molar-refractivity contribution in [2.24, 2.45) is 0 Å². The molecule has 1 aromatic carbocycles. The Kier molecular flexibility index (Phi) is 4.64. The normalized spacial score (nSPS) is 13.9. The Hall–Kier alpha value is -1.21. The summed E-state index contributed by atoms with van der Waals surface area (Å²) in [6.45, 7) is 1.36. The molecule has 0 spiro atoms.